The molecule has 0 aliphatic heterocycles. The monoisotopic (exact) mass is 244 g/mol. The molecule has 1 atom stereocenters. The minimum Gasteiger partial charge on any atom is -0.324 e. The average molecular weight is 245 g/mol. The van der Waals surface area contributed by atoms with Crippen LogP contribution in [0.3, 0.4) is 0 Å². The van der Waals surface area contributed by atoms with Crippen LogP contribution in [0.5, 0.6) is 0 Å². The Morgan fingerprint density at radius 2 is 2.06 bits per heavy atom. The SMILES string of the molecule is CC(C)C[C@H](N)c1cccc([N+](=O)[O-])c1.Cl. The molecule has 0 unspecified atom stereocenters. The molecule has 0 heterocycles. The molecule has 0 spiro atoms. The van der Waals surface area contributed by atoms with E-state index in [4.69, 9.17) is 5.73 Å². The maximum Gasteiger partial charge on any atom is 0.269 e. The number of hydrogen-bond donors (Lipinski definition) is 1. The van der Waals surface area contributed by atoms with Gasteiger partial charge in [0.05, 0.1) is 4.92 Å². The van der Waals surface area contributed by atoms with E-state index in [0.717, 1.165) is 12.0 Å². The predicted molar refractivity (Wildman–Crippen MR) is 66.7 cm³/mol. The zero-order valence-electron chi connectivity index (χ0n) is 9.42. The van der Waals surface area contributed by atoms with E-state index in [-0.39, 0.29) is 24.1 Å². The van der Waals surface area contributed by atoms with Gasteiger partial charge >= 0.3 is 0 Å². The lowest BCUT2D eigenvalue weighted by Crippen LogP contribution is -2.12. The third-order valence-corrected chi connectivity index (χ3v) is 2.23. The van der Waals surface area contributed by atoms with Crippen LogP contribution in [0.15, 0.2) is 24.3 Å². The third kappa shape index (κ3) is 4.16. The van der Waals surface area contributed by atoms with Gasteiger partial charge in [0.15, 0.2) is 0 Å². The fraction of sp³-hybridized carbons (Fsp3) is 0.455. The van der Waals surface area contributed by atoms with Gasteiger partial charge in [-0.2, -0.15) is 0 Å². The second kappa shape index (κ2) is 6.45. The Balaban J connectivity index is 0.00000225. The van der Waals surface area contributed by atoms with Crippen molar-refractivity contribution in [3.63, 3.8) is 0 Å². The summed E-state index contributed by atoms with van der Waals surface area (Å²) in [6, 6.07) is 6.41. The van der Waals surface area contributed by atoms with Crippen molar-refractivity contribution in [3.8, 4) is 0 Å². The second-order valence-corrected chi connectivity index (χ2v) is 4.09. The van der Waals surface area contributed by atoms with Crippen LogP contribution >= 0.6 is 12.4 Å². The molecule has 16 heavy (non-hydrogen) atoms. The molecule has 0 saturated heterocycles. The first kappa shape index (κ1) is 14.9. The highest BCUT2D eigenvalue weighted by Gasteiger charge is 2.12. The zero-order valence-corrected chi connectivity index (χ0v) is 10.2. The van der Waals surface area contributed by atoms with Gasteiger partial charge in [0.1, 0.15) is 0 Å². The van der Waals surface area contributed by atoms with Gasteiger partial charge in [0, 0.05) is 18.2 Å². The summed E-state index contributed by atoms with van der Waals surface area (Å²) in [5.74, 6) is 0.485. The fourth-order valence-corrected chi connectivity index (χ4v) is 1.51. The van der Waals surface area contributed by atoms with Gasteiger partial charge in [-0.1, -0.05) is 26.0 Å². The molecule has 0 aliphatic carbocycles. The van der Waals surface area contributed by atoms with E-state index in [1.165, 1.54) is 6.07 Å². The Bertz CT molecular complexity index is 356. The normalized spacial score (nSPS) is 12.0. The molecular formula is C11H17ClN2O2. The van der Waals surface area contributed by atoms with Gasteiger partial charge in [-0.25, -0.2) is 0 Å². The molecule has 0 aromatic heterocycles. The highest BCUT2D eigenvalue weighted by molar-refractivity contribution is 5.85. The maximum atomic E-state index is 10.6. The van der Waals surface area contributed by atoms with Crippen LogP contribution in [0.4, 0.5) is 5.69 Å². The highest BCUT2D eigenvalue weighted by Crippen LogP contribution is 2.22. The van der Waals surface area contributed by atoms with Gasteiger partial charge in [-0.15, -0.1) is 12.4 Å². The van der Waals surface area contributed by atoms with Crippen LogP contribution < -0.4 is 5.73 Å². The highest BCUT2D eigenvalue weighted by atomic mass is 35.5. The van der Waals surface area contributed by atoms with E-state index in [9.17, 15) is 10.1 Å². The van der Waals surface area contributed by atoms with Crippen LogP contribution in [-0.2, 0) is 0 Å². The summed E-state index contributed by atoms with van der Waals surface area (Å²) in [4.78, 5) is 10.2. The molecule has 0 aliphatic rings. The van der Waals surface area contributed by atoms with Crippen LogP contribution in [0, 0.1) is 16.0 Å². The smallest absolute Gasteiger partial charge is 0.269 e. The summed E-state index contributed by atoms with van der Waals surface area (Å²) in [6.07, 6.45) is 0.834. The van der Waals surface area contributed by atoms with Crippen LogP contribution in [0.2, 0.25) is 0 Å². The molecule has 90 valence electrons. The number of non-ortho nitro benzene ring substituents is 1. The van der Waals surface area contributed by atoms with E-state index in [0.29, 0.717) is 5.92 Å². The summed E-state index contributed by atoms with van der Waals surface area (Å²) in [7, 11) is 0. The Morgan fingerprint density at radius 3 is 2.56 bits per heavy atom. The number of hydrogen-bond acceptors (Lipinski definition) is 3. The quantitative estimate of drug-likeness (QED) is 0.654. The first-order chi connectivity index (χ1) is 7.00. The molecule has 0 fully saturated rings. The number of halogens is 1. The van der Waals surface area contributed by atoms with E-state index in [1.807, 2.05) is 6.07 Å². The van der Waals surface area contributed by atoms with Gasteiger partial charge < -0.3 is 5.73 Å². The van der Waals surface area contributed by atoms with Crippen molar-refractivity contribution in [2.24, 2.45) is 11.7 Å². The topological polar surface area (TPSA) is 69.2 Å². The first-order valence-corrected chi connectivity index (χ1v) is 5.00. The minimum absolute atomic E-state index is 0. The first-order valence-electron chi connectivity index (χ1n) is 5.00. The summed E-state index contributed by atoms with van der Waals surface area (Å²) < 4.78 is 0. The largest absolute Gasteiger partial charge is 0.324 e. The lowest BCUT2D eigenvalue weighted by molar-refractivity contribution is -0.384. The number of benzene rings is 1. The van der Waals surface area contributed by atoms with Crippen molar-refractivity contribution >= 4 is 18.1 Å². The standard InChI is InChI=1S/C11H16N2O2.ClH/c1-8(2)6-11(12)9-4-3-5-10(7-9)13(14)15;/h3-5,7-8,11H,6,12H2,1-2H3;1H/t11-;/m0./s1. The Morgan fingerprint density at radius 1 is 1.44 bits per heavy atom. The summed E-state index contributed by atoms with van der Waals surface area (Å²) in [5.41, 5.74) is 6.88. The van der Waals surface area contributed by atoms with Gasteiger partial charge in [-0.05, 0) is 17.9 Å². The van der Waals surface area contributed by atoms with Crippen molar-refractivity contribution in [2.75, 3.05) is 0 Å². The third-order valence-electron chi connectivity index (χ3n) is 2.23. The fourth-order valence-electron chi connectivity index (χ4n) is 1.51. The number of nitro benzene ring substituents is 1. The van der Waals surface area contributed by atoms with Crippen LogP contribution in [0.1, 0.15) is 31.9 Å². The van der Waals surface area contributed by atoms with Crippen molar-refractivity contribution in [1.82, 2.24) is 0 Å². The molecule has 4 nitrogen and oxygen atoms in total. The van der Waals surface area contributed by atoms with E-state index in [2.05, 4.69) is 13.8 Å². The summed E-state index contributed by atoms with van der Waals surface area (Å²) in [6.45, 7) is 4.16. The molecule has 1 aromatic rings. The Labute approximate surface area is 101 Å². The van der Waals surface area contributed by atoms with Gasteiger partial charge in [0.2, 0.25) is 0 Å². The molecule has 0 bridgehead atoms. The van der Waals surface area contributed by atoms with Crippen LogP contribution in [-0.4, -0.2) is 4.92 Å². The molecule has 1 aromatic carbocycles. The summed E-state index contributed by atoms with van der Waals surface area (Å²) in [5, 5.41) is 10.6. The van der Waals surface area contributed by atoms with E-state index in [1.54, 1.807) is 12.1 Å². The lowest BCUT2D eigenvalue weighted by atomic mass is 9.98. The number of rotatable bonds is 4. The Hall–Kier alpha value is -1.13. The average Bonchev–Trinajstić information content (AvgIpc) is 2.17. The zero-order chi connectivity index (χ0) is 11.4. The predicted octanol–water partition coefficient (Wildman–Crippen LogP) is 3.06. The minimum atomic E-state index is -0.397. The van der Waals surface area contributed by atoms with Crippen molar-refractivity contribution < 1.29 is 4.92 Å². The van der Waals surface area contributed by atoms with Crippen molar-refractivity contribution in [3.05, 3.63) is 39.9 Å². The molecule has 2 N–H and O–H groups in total. The van der Waals surface area contributed by atoms with Crippen LogP contribution in [0.25, 0.3) is 0 Å². The van der Waals surface area contributed by atoms with Gasteiger partial charge in [-0.3, -0.25) is 10.1 Å². The number of nitrogens with two attached hydrogens (primary N) is 1. The molecule has 1 rings (SSSR count). The van der Waals surface area contributed by atoms with Gasteiger partial charge in [0.25, 0.3) is 5.69 Å². The number of nitrogens with zero attached hydrogens (tertiary/aromatic N) is 1. The molecule has 0 saturated carbocycles. The second-order valence-electron chi connectivity index (χ2n) is 4.09. The molecule has 0 amide bonds. The molecular weight excluding hydrogens is 228 g/mol. The maximum absolute atomic E-state index is 10.6. The molecule has 0 radical (unpaired) electrons. The van der Waals surface area contributed by atoms with Crippen molar-refractivity contribution in [1.29, 1.82) is 0 Å². The van der Waals surface area contributed by atoms with Crippen molar-refractivity contribution in [2.45, 2.75) is 26.3 Å². The van der Waals surface area contributed by atoms with E-state index < -0.39 is 4.92 Å². The number of nitro groups is 1. The summed E-state index contributed by atoms with van der Waals surface area (Å²) >= 11 is 0. The lowest BCUT2D eigenvalue weighted by Gasteiger charge is -2.13. The Kier molecular flexibility index (Phi) is 6.00. The molecule has 5 heteroatoms. The van der Waals surface area contributed by atoms with E-state index >= 15 is 0 Å².